The summed E-state index contributed by atoms with van der Waals surface area (Å²) in [5, 5.41) is 7.90. The molecule has 1 aliphatic rings. The SMILES string of the molecule is C[C@@H](C(=O)Nc1cccc(S(N)(=O)=O)c1)N1CCCCCCC1. The van der Waals surface area contributed by atoms with E-state index >= 15 is 0 Å². The van der Waals surface area contributed by atoms with Crippen molar-refractivity contribution in [2.45, 2.75) is 50.0 Å². The second-order valence-corrected chi connectivity index (χ2v) is 7.60. The first-order valence-corrected chi connectivity index (χ1v) is 9.60. The number of carbonyl (C=O) groups excluding carboxylic acids is 1. The number of amides is 1. The fourth-order valence-electron chi connectivity index (χ4n) is 2.82. The molecule has 0 bridgehead atoms. The van der Waals surface area contributed by atoms with Crippen molar-refractivity contribution in [1.29, 1.82) is 0 Å². The van der Waals surface area contributed by atoms with Crippen LogP contribution in [0.4, 0.5) is 5.69 Å². The first kappa shape index (κ1) is 17.9. The molecule has 3 N–H and O–H groups in total. The molecule has 0 aromatic heterocycles. The third-order valence-electron chi connectivity index (χ3n) is 4.25. The van der Waals surface area contributed by atoms with Crippen LogP contribution in [0.5, 0.6) is 0 Å². The van der Waals surface area contributed by atoms with Gasteiger partial charge in [-0.15, -0.1) is 0 Å². The number of hydrogen-bond donors (Lipinski definition) is 2. The third kappa shape index (κ3) is 5.30. The number of benzene rings is 1. The zero-order valence-electron chi connectivity index (χ0n) is 13.5. The monoisotopic (exact) mass is 339 g/mol. The molecule has 1 aromatic rings. The standard InChI is InChI=1S/C16H25N3O3S/c1-13(19-10-5-3-2-4-6-11-19)16(20)18-14-8-7-9-15(12-14)23(17,21)22/h7-9,12-13H,2-6,10-11H2,1H3,(H,18,20)(H2,17,21,22)/t13-/m0/s1. The van der Waals surface area contributed by atoms with Crippen molar-refractivity contribution < 1.29 is 13.2 Å². The second kappa shape index (κ2) is 7.90. The highest BCUT2D eigenvalue weighted by molar-refractivity contribution is 7.89. The van der Waals surface area contributed by atoms with Gasteiger partial charge < -0.3 is 5.32 Å². The normalized spacial score (nSPS) is 18.7. The summed E-state index contributed by atoms with van der Waals surface area (Å²) in [6.45, 7) is 3.73. The molecule has 1 fully saturated rings. The van der Waals surface area contributed by atoms with E-state index in [0.29, 0.717) is 5.69 Å². The molecule has 6 nitrogen and oxygen atoms in total. The molecular weight excluding hydrogens is 314 g/mol. The maximum Gasteiger partial charge on any atom is 0.241 e. The zero-order valence-corrected chi connectivity index (χ0v) is 14.3. The molecule has 7 heteroatoms. The lowest BCUT2D eigenvalue weighted by atomic mass is 10.1. The first-order chi connectivity index (χ1) is 10.9. The Kier molecular flexibility index (Phi) is 6.15. The minimum Gasteiger partial charge on any atom is -0.325 e. The van der Waals surface area contributed by atoms with Gasteiger partial charge in [0.15, 0.2) is 0 Å². The number of hydrogen-bond acceptors (Lipinski definition) is 4. The van der Waals surface area contributed by atoms with E-state index in [1.807, 2.05) is 6.92 Å². The van der Waals surface area contributed by atoms with E-state index in [1.165, 1.54) is 31.4 Å². The van der Waals surface area contributed by atoms with E-state index in [4.69, 9.17) is 5.14 Å². The van der Waals surface area contributed by atoms with E-state index in [2.05, 4.69) is 10.2 Å². The van der Waals surface area contributed by atoms with E-state index in [1.54, 1.807) is 12.1 Å². The van der Waals surface area contributed by atoms with Crippen molar-refractivity contribution in [3.8, 4) is 0 Å². The average molecular weight is 339 g/mol. The predicted octanol–water partition coefficient (Wildman–Crippen LogP) is 1.93. The molecule has 1 saturated heterocycles. The summed E-state index contributed by atoms with van der Waals surface area (Å²) in [4.78, 5) is 14.6. The molecule has 1 heterocycles. The van der Waals surface area contributed by atoms with E-state index in [0.717, 1.165) is 25.9 Å². The van der Waals surface area contributed by atoms with Gasteiger partial charge in [0.25, 0.3) is 0 Å². The Bertz CT molecular complexity index is 638. The fraction of sp³-hybridized carbons (Fsp3) is 0.562. The summed E-state index contributed by atoms with van der Waals surface area (Å²) in [7, 11) is -3.77. The number of carbonyl (C=O) groups is 1. The van der Waals surface area contributed by atoms with Crippen LogP contribution in [-0.2, 0) is 14.8 Å². The summed E-state index contributed by atoms with van der Waals surface area (Å²) >= 11 is 0. The van der Waals surface area contributed by atoms with Gasteiger partial charge in [-0.05, 0) is 51.1 Å². The number of likely N-dealkylation sites (tertiary alicyclic amines) is 1. The van der Waals surface area contributed by atoms with E-state index in [9.17, 15) is 13.2 Å². The molecule has 1 aliphatic heterocycles. The summed E-state index contributed by atoms with van der Waals surface area (Å²) < 4.78 is 22.8. The maximum atomic E-state index is 12.4. The fourth-order valence-corrected chi connectivity index (χ4v) is 3.38. The van der Waals surface area contributed by atoms with Crippen LogP contribution in [0.2, 0.25) is 0 Å². The highest BCUT2D eigenvalue weighted by Crippen LogP contribution is 2.17. The minimum atomic E-state index is -3.77. The lowest BCUT2D eigenvalue weighted by Crippen LogP contribution is -2.43. The van der Waals surface area contributed by atoms with Gasteiger partial charge in [-0.25, -0.2) is 13.6 Å². The Balaban J connectivity index is 2.03. The number of nitrogens with one attached hydrogen (secondary N) is 1. The van der Waals surface area contributed by atoms with Gasteiger partial charge in [-0.1, -0.05) is 25.3 Å². The lowest BCUT2D eigenvalue weighted by Gasteiger charge is -2.29. The number of nitrogens with two attached hydrogens (primary N) is 1. The smallest absolute Gasteiger partial charge is 0.241 e. The van der Waals surface area contributed by atoms with Gasteiger partial charge in [0.2, 0.25) is 15.9 Å². The summed E-state index contributed by atoms with van der Waals surface area (Å²) in [6, 6.07) is 5.77. The summed E-state index contributed by atoms with van der Waals surface area (Å²) in [5.74, 6) is -0.128. The van der Waals surface area contributed by atoms with Gasteiger partial charge >= 0.3 is 0 Å². The van der Waals surface area contributed by atoms with Gasteiger partial charge in [-0.2, -0.15) is 0 Å². The Labute approximate surface area is 138 Å². The van der Waals surface area contributed by atoms with Crippen molar-refractivity contribution in [3.63, 3.8) is 0 Å². The molecule has 0 radical (unpaired) electrons. The Morgan fingerprint density at radius 2 is 1.78 bits per heavy atom. The van der Waals surface area contributed by atoms with E-state index < -0.39 is 10.0 Å². The molecule has 0 unspecified atom stereocenters. The quantitative estimate of drug-likeness (QED) is 0.876. The second-order valence-electron chi connectivity index (χ2n) is 6.04. The van der Waals surface area contributed by atoms with Crippen molar-refractivity contribution in [2.24, 2.45) is 5.14 Å². The molecular formula is C16H25N3O3S. The Morgan fingerprint density at radius 1 is 1.17 bits per heavy atom. The van der Waals surface area contributed by atoms with Gasteiger partial charge in [-0.3, -0.25) is 9.69 Å². The highest BCUT2D eigenvalue weighted by atomic mass is 32.2. The predicted molar refractivity (Wildman–Crippen MR) is 90.6 cm³/mol. The molecule has 0 aliphatic carbocycles. The van der Waals surface area contributed by atoms with Crippen LogP contribution in [0.15, 0.2) is 29.2 Å². The molecule has 1 aromatic carbocycles. The Morgan fingerprint density at radius 3 is 2.39 bits per heavy atom. The van der Waals surface area contributed by atoms with Crippen LogP contribution < -0.4 is 10.5 Å². The molecule has 128 valence electrons. The highest BCUT2D eigenvalue weighted by Gasteiger charge is 2.22. The van der Waals surface area contributed by atoms with Crippen LogP contribution in [0.1, 0.15) is 39.0 Å². The van der Waals surface area contributed by atoms with Crippen molar-refractivity contribution in [2.75, 3.05) is 18.4 Å². The number of rotatable bonds is 4. The van der Waals surface area contributed by atoms with Crippen LogP contribution in [0.3, 0.4) is 0 Å². The molecule has 0 spiro atoms. The largest absolute Gasteiger partial charge is 0.325 e. The Hall–Kier alpha value is -1.44. The van der Waals surface area contributed by atoms with Crippen molar-refractivity contribution in [3.05, 3.63) is 24.3 Å². The minimum absolute atomic E-state index is 0.00536. The first-order valence-electron chi connectivity index (χ1n) is 8.06. The molecule has 1 amide bonds. The third-order valence-corrected chi connectivity index (χ3v) is 5.16. The zero-order chi connectivity index (χ0) is 16.9. The van der Waals surface area contributed by atoms with Gasteiger partial charge in [0, 0.05) is 5.69 Å². The molecule has 0 saturated carbocycles. The average Bonchev–Trinajstić information content (AvgIpc) is 2.45. The molecule has 23 heavy (non-hydrogen) atoms. The maximum absolute atomic E-state index is 12.4. The van der Waals surface area contributed by atoms with Gasteiger partial charge in [0.05, 0.1) is 10.9 Å². The van der Waals surface area contributed by atoms with Crippen LogP contribution >= 0.6 is 0 Å². The van der Waals surface area contributed by atoms with E-state index in [-0.39, 0.29) is 16.8 Å². The van der Waals surface area contributed by atoms with Crippen molar-refractivity contribution >= 4 is 21.6 Å². The number of primary sulfonamides is 1. The molecule has 1 atom stereocenters. The number of sulfonamides is 1. The van der Waals surface area contributed by atoms with Crippen LogP contribution in [0, 0.1) is 0 Å². The summed E-state index contributed by atoms with van der Waals surface area (Å²) in [6.07, 6.45) is 5.91. The van der Waals surface area contributed by atoms with Crippen LogP contribution in [0.25, 0.3) is 0 Å². The number of anilines is 1. The topological polar surface area (TPSA) is 92.5 Å². The number of nitrogens with zero attached hydrogens (tertiary/aromatic N) is 1. The lowest BCUT2D eigenvalue weighted by molar-refractivity contribution is -0.120. The molecule has 2 rings (SSSR count). The van der Waals surface area contributed by atoms with Gasteiger partial charge in [0.1, 0.15) is 0 Å². The van der Waals surface area contributed by atoms with Crippen LogP contribution in [-0.4, -0.2) is 38.4 Å². The van der Waals surface area contributed by atoms with Crippen molar-refractivity contribution in [1.82, 2.24) is 4.90 Å². The summed E-state index contributed by atoms with van der Waals surface area (Å²) in [5.41, 5.74) is 0.445.